The summed E-state index contributed by atoms with van der Waals surface area (Å²) in [7, 11) is -2.33. The lowest BCUT2D eigenvalue weighted by Gasteiger charge is -2.12. The van der Waals surface area contributed by atoms with Gasteiger partial charge in [0.2, 0.25) is 0 Å². The summed E-state index contributed by atoms with van der Waals surface area (Å²) in [6.45, 7) is 0. The van der Waals surface area contributed by atoms with E-state index in [1.165, 1.54) is 25.4 Å². The maximum Gasteiger partial charge on any atom is 0.265 e. The number of ether oxygens (including phenoxy) is 1. The van der Waals surface area contributed by atoms with E-state index in [2.05, 4.69) is 31.1 Å². The molecule has 0 saturated carbocycles. The molecule has 0 radical (unpaired) electrons. The van der Waals surface area contributed by atoms with Crippen molar-refractivity contribution in [2.45, 2.75) is 4.90 Å². The monoisotopic (exact) mass is 372 g/mol. The number of hydrogen-bond donors (Lipinski definition) is 3. The van der Waals surface area contributed by atoms with Gasteiger partial charge in [-0.15, -0.1) is 0 Å². The molecule has 0 aliphatic heterocycles. The summed E-state index contributed by atoms with van der Waals surface area (Å²) < 4.78 is 33.0. The van der Waals surface area contributed by atoms with E-state index in [4.69, 9.17) is 10.6 Å². The number of sulfonamides is 1. The number of anilines is 2. The average molecular weight is 373 g/mol. The van der Waals surface area contributed by atoms with Crippen LogP contribution in [0.1, 0.15) is 0 Å². The standard InChI is InChI=1S/C12H13BrN4O3S/c1-20-10-6-8(13)5-9(7-10)17-21(18,19)11-3-2-4-15-12(11)16-14/h2-7,17H,14H2,1H3,(H,15,16). The first kappa shape index (κ1) is 15.5. The second kappa shape index (κ2) is 6.29. The lowest BCUT2D eigenvalue weighted by Crippen LogP contribution is -2.18. The van der Waals surface area contributed by atoms with Crippen LogP contribution in [0, 0.1) is 0 Å². The Hall–Kier alpha value is -1.84. The first-order chi connectivity index (χ1) is 9.96. The molecule has 0 saturated heterocycles. The topological polar surface area (TPSA) is 106 Å². The highest BCUT2D eigenvalue weighted by molar-refractivity contribution is 9.10. The minimum absolute atomic E-state index is 0.0496. The summed E-state index contributed by atoms with van der Waals surface area (Å²) in [5, 5.41) is 0. The SMILES string of the molecule is COc1cc(Br)cc(NS(=O)(=O)c2cccnc2NN)c1. The molecule has 0 fully saturated rings. The third-order valence-electron chi connectivity index (χ3n) is 2.56. The number of methoxy groups -OCH3 is 1. The zero-order chi connectivity index (χ0) is 15.5. The van der Waals surface area contributed by atoms with Gasteiger partial charge >= 0.3 is 0 Å². The van der Waals surface area contributed by atoms with Crippen LogP contribution in [0.15, 0.2) is 45.9 Å². The van der Waals surface area contributed by atoms with E-state index in [9.17, 15) is 8.42 Å². The van der Waals surface area contributed by atoms with Crippen LogP contribution < -0.4 is 20.7 Å². The number of pyridine rings is 1. The Morgan fingerprint density at radius 1 is 1.33 bits per heavy atom. The molecule has 0 aliphatic rings. The molecule has 0 unspecified atom stereocenters. The smallest absolute Gasteiger partial charge is 0.265 e. The first-order valence-corrected chi connectivity index (χ1v) is 8.03. The normalized spacial score (nSPS) is 11.0. The molecule has 112 valence electrons. The number of aromatic nitrogens is 1. The molecule has 1 aromatic carbocycles. The van der Waals surface area contributed by atoms with Crippen LogP contribution in [-0.4, -0.2) is 20.5 Å². The lowest BCUT2D eigenvalue weighted by atomic mass is 10.3. The minimum atomic E-state index is -3.83. The summed E-state index contributed by atoms with van der Waals surface area (Å²) in [5.41, 5.74) is 2.61. The van der Waals surface area contributed by atoms with Gasteiger partial charge < -0.3 is 10.2 Å². The second-order valence-corrected chi connectivity index (χ2v) is 6.55. The van der Waals surface area contributed by atoms with Crippen LogP contribution in [0.4, 0.5) is 11.5 Å². The molecule has 1 aromatic heterocycles. The number of benzene rings is 1. The largest absolute Gasteiger partial charge is 0.497 e. The van der Waals surface area contributed by atoms with E-state index >= 15 is 0 Å². The van der Waals surface area contributed by atoms with Crippen molar-refractivity contribution in [3.05, 3.63) is 41.0 Å². The van der Waals surface area contributed by atoms with Crippen molar-refractivity contribution in [1.29, 1.82) is 0 Å². The average Bonchev–Trinajstić information content (AvgIpc) is 2.46. The van der Waals surface area contributed by atoms with E-state index in [0.29, 0.717) is 15.9 Å². The zero-order valence-electron chi connectivity index (χ0n) is 11.0. The van der Waals surface area contributed by atoms with Gasteiger partial charge in [0.25, 0.3) is 10.0 Å². The van der Waals surface area contributed by atoms with E-state index in [0.717, 1.165) is 0 Å². The van der Waals surface area contributed by atoms with Crippen molar-refractivity contribution in [1.82, 2.24) is 4.98 Å². The zero-order valence-corrected chi connectivity index (χ0v) is 13.4. The van der Waals surface area contributed by atoms with Gasteiger partial charge in [-0.25, -0.2) is 19.2 Å². The third-order valence-corrected chi connectivity index (χ3v) is 4.43. The maximum atomic E-state index is 12.4. The predicted molar refractivity (Wildman–Crippen MR) is 83.5 cm³/mol. The van der Waals surface area contributed by atoms with E-state index in [1.807, 2.05) is 0 Å². The highest BCUT2D eigenvalue weighted by atomic mass is 79.9. The number of nitrogen functional groups attached to an aromatic ring is 1. The molecular formula is C12H13BrN4O3S. The minimum Gasteiger partial charge on any atom is -0.497 e. The Kier molecular flexibility index (Phi) is 4.66. The molecule has 0 aliphatic carbocycles. The van der Waals surface area contributed by atoms with Crippen LogP contribution >= 0.6 is 15.9 Å². The number of nitrogens with two attached hydrogens (primary N) is 1. The van der Waals surface area contributed by atoms with Crippen molar-refractivity contribution in [3.63, 3.8) is 0 Å². The quantitative estimate of drug-likeness (QED) is 0.546. The van der Waals surface area contributed by atoms with E-state index < -0.39 is 10.0 Å². The van der Waals surface area contributed by atoms with E-state index in [-0.39, 0.29) is 10.7 Å². The van der Waals surface area contributed by atoms with Gasteiger partial charge in [-0.1, -0.05) is 15.9 Å². The number of rotatable bonds is 5. The van der Waals surface area contributed by atoms with Crippen LogP contribution in [0.3, 0.4) is 0 Å². The number of nitrogens with one attached hydrogen (secondary N) is 2. The fourth-order valence-corrected chi connectivity index (χ4v) is 3.30. The highest BCUT2D eigenvalue weighted by Gasteiger charge is 2.19. The summed E-state index contributed by atoms with van der Waals surface area (Å²) >= 11 is 3.29. The Bertz CT molecular complexity index is 752. The summed E-state index contributed by atoms with van der Waals surface area (Å²) in [5.74, 6) is 5.86. The number of hydrogen-bond acceptors (Lipinski definition) is 6. The predicted octanol–water partition coefficient (Wildman–Crippen LogP) is 1.94. The molecule has 21 heavy (non-hydrogen) atoms. The van der Waals surface area contributed by atoms with Crippen molar-refractivity contribution in [2.75, 3.05) is 17.3 Å². The van der Waals surface area contributed by atoms with Gasteiger partial charge in [0.05, 0.1) is 12.8 Å². The fourth-order valence-electron chi connectivity index (χ4n) is 1.67. The van der Waals surface area contributed by atoms with Gasteiger partial charge in [0.1, 0.15) is 10.6 Å². The number of nitrogens with zero attached hydrogens (tertiary/aromatic N) is 1. The Balaban J connectivity index is 2.40. The van der Waals surface area contributed by atoms with Crippen molar-refractivity contribution in [2.24, 2.45) is 5.84 Å². The molecule has 2 rings (SSSR count). The lowest BCUT2D eigenvalue weighted by molar-refractivity contribution is 0.415. The highest BCUT2D eigenvalue weighted by Crippen LogP contribution is 2.27. The summed E-state index contributed by atoms with van der Waals surface area (Å²) in [6, 6.07) is 7.81. The fraction of sp³-hybridized carbons (Fsp3) is 0.0833. The Morgan fingerprint density at radius 3 is 2.76 bits per heavy atom. The second-order valence-electron chi connectivity index (χ2n) is 3.98. The maximum absolute atomic E-state index is 12.4. The van der Waals surface area contributed by atoms with Crippen LogP contribution in [0.25, 0.3) is 0 Å². The van der Waals surface area contributed by atoms with Gasteiger partial charge in [0, 0.05) is 16.7 Å². The van der Waals surface area contributed by atoms with E-state index in [1.54, 1.807) is 18.2 Å². The Morgan fingerprint density at radius 2 is 2.10 bits per heavy atom. The van der Waals surface area contributed by atoms with Crippen LogP contribution in [0.5, 0.6) is 5.75 Å². The molecule has 0 amide bonds. The van der Waals surface area contributed by atoms with Gasteiger partial charge in [-0.2, -0.15) is 0 Å². The molecule has 2 aromatic rings. The van der Waals surface area contributed by atoms with Gasteiger partial charge in [-0.3, -0.25) is 4.72 Å². The van der Waals surface area contributed by atoms with Crippen LogP contribution in [0.2, 0.25) is 0 Å². The van der Waals surface area contributed by atoms with Crippen molar-refractivity contribution < 1.29 is 13.2 Å². The van der Waals surface area contributed by atoms with Crippen molar-refractivity contribution >= 4 is 37.5 Å². The molecule has 0 bridgehead atoms. The molecule has 1 heterocycles. The van der Waals surface area contributed by atoms with Crippen LogP contribution in [-0.2, 0) is 10.0 Å². The molecule has 4 N–H and O–H groups in total. The molecular weight excluding hydrogens is 360 g/mol. The number of hydrazine groups is 1. The van der Waals surface area contributed by atoms with Gasteiger partial charge in [-0.05, 0) is 24.3 Å². The third kappa shape index (κ3) is 3.63. The molecule has 9 heteroatoms. The molecule has 0 atom stereocenters. The summed E-state index contributed by atoms with van der Waals surface area (Å²) in [4.78, 5) is 3.82. The molecule has 0 spiro atoms. The van der Waals surface area contributed by atoms with Gasteiger partial charge in [0.15, 0.2) is 5.82 Å². The summed E-state index contributed by atoms with van der Waals surface area (Å²) in [6.07, 6.45) is 1.44. The first-order valence-electron chi connectivity index (χ1n) is 5.75. The number of halogens is 1. The molecule has 7 nitrogen and oxygen atoms in total. The van der Waals surface area contributed by atoms with Crippen molar-refractivity contribution in [3.8, 4) is 5.75 Å². The Labute approximate surface area is 130 Å².